The van der Waals surface area contributed by atoms with Gasteiger partial charge in [-0.1, -0.05) is 26.8 Å². The molecule has 36 heavy (non-hydrogen) atoms. The van der Waals surface area contributed by atoms with Crippen LogP contribution >= 0.6 is 0 Å². The number of nitrogens with two attached hydrogens (primary N) is 1. The summed E-state index contributed by atoms with van der Waals surface area (Å²) >= 11 is 0. The second-order valence-corrected chi connectivity index (χ2v) is 10.0. The van der Waals surface area contributed by atoms with E-state index in [-0.39, 0.29) is 22.9 Å². The molecule has 0 aromatic heterocycles. The van der Waals surface area contributed by atoms with Crippen LogP contribution in [-0.4, -0.2) is 55.8 Å². The Morgan fingerprint density at radius 1 is 1.25 bits per heavy atom. The SMILES string of the molecule is C=O.CNCCN(CC/C=C/N=C(N)/C(=C\C(=N)c1ccc(F)cc1)C1CC1)C(=O)CCC(C)(C)C. The zero-order valence-corrected chi connectivity index (χ0v) is 22.1. The first-order chi connectivity index (χ1) is 17.1. The van der Waals surface area contributed by atoms with E-state index in [0.717, 1.165) is 31.4 Å². The van der Waals surface area contributed by atoms with E-state index in [1.54, 1.807) is 24.4 Å². The first-order valence-corrected chi connectivity index (χ1v) is 12.4. The highest BCUT2D eigenvalue weighted by Gasteiger charge is 2.28. The molecule has 0 heterocycles. The molecule has 1 amide bonds. The third kappa shape index (κ3) is 12.0. The largest absolute Gasteiger partial charge is 0.383 e. The molecule has 7 nitrogen and oxygen atoms in total. The summed E-state index contributed by atoms with van der Waals surface area (Å²) in [4.78, 5) is 26.9. The van der Waals surface area contributed by atoms with Gasteiger partial charge in [0.15, 0.2) is 0 Å². The number of halogens is 1. The van der Waals surface area contributed by atoms with Gasteiger partial charge in [-0.2, -0.15) is 0 Å². The number of nitrogens with one attached hydrogen (secondary N) is 2. The molecule has 4 N–H and O–H groups in total. The average molecular weight is 500 g/mol. The zero-order chi connectivity index (χ0) is 27.1. The summed E-state index contributed by atoms with van der Waals surface area (Å²) in [7, 11) is 1.88. The monoisotopic (exact) mass is 499 g/mol. The van der Waals surface area contributed by atoms with Crippen LogP contribution in [0.1, 0.15) is 58.4 Å². The second-order valence-electron chi connectivity index (χ2n) is 10.0. The van der Waals surface area contributed by atoms with Crippen molar-refractivity contribution in [3.8, 4) is 0 Å². The van der Waals surface area contributed by atoms with E-state index in [2.05, 4.69) is 31.1 Å². The predicted molar refractivity (Wildman–Crippen MR) is 146 cm³/mol. The molecule has 198 valence electrons. The molecule has 1 aromatic rings. The molecular weight excluding hydrogens is 457 g/mol. The van der Waals surface area contributed by atoms with Gasteiger partial charge >= 0.3 is 0 Å². The van der Waals surface area contributed by atoms with E-state index < -0.39 is 0 Å². The highest BCUT2D eigenvalue weighted by Crippen LogP contribution is 2.36. The van der Waals surface area contributed by atoms with Gasteiger partial charge < -0.3 is 26.2 Å². The predicted octanol–water partition coefficient (Wildman–Crippen LogP) is 4.48. The number of likely N-dealkylation sites (N-methyl/N-ethyl adjacent to an activating group) is 1. The number of benzene rings is 1. The fourth-order valence-electron chi connectivity index (χ4n) is 3.42. The first-order valence-electron chi connectivity index (χ1n) is 12.4. The Morgan fingerprint density at radius 3 is 2.44 bits per heavy atom. The van der Waals surface area contributed by atoms with Crippen LogP contribution in [0, 0.1) is 22.6 Å². The molecule has 0 saturated heterocycles. The Balaban J connectivity index is 0.00000316. The lowest BCUT2D eigenvalue weighted by Gasteiger charge is -2.24. The van der Waals surface area contributed by atoms with E-state index in [0.29, 0.717) is 43.2 Å². The summed E-state index contributed by atoms with van der Waals surface area (Å²) in [5, 5.41) is 11.4. The molecule has 1 aliphatic rings. The minimum absolute atomic E-state index is 0.135. The van der Waals surface area contributed by atoms with Crippen molar-refractivity contribution in [1.29, 1.82) is 5.41 Å². The highest BCUT2D eigenvalue weighted by atomic mass is 19.1. The number of amides is 1. The summed E-state index contributed by atoms with van der Waals surface area (Å²) in [5.41, 5.74) is 8.16. The van der Waals surface area contributed by atoms with Gasteiger partial charge in [-0.05, 0) is 85.5 Å². The van der Waals surface area contributed by atoms with Crippen LogP contribution < -0.4 is 11.1 Å². The molecule has 8 heteroatoms. The van der Waals surface area contributed by atoms with Crippen LogP contribution in [0.2, 0.25) is 0 Å². The minimum Gasteiger partial charge on any atom is -0.383 e. The lowest BCUT2D eigenvalue weighted by molar-refractivity contribution is -0.131. The van der Waals surface area contributed by atoms with Gasteiger partial charge in [-0.3, -0.25) is 4.79 Å². The van der Waals surface area contributed by atoms with Gasteiger partial charge in [-0.15, -0.1) is 0 Å². The molecule has 0 radical (unpaired) electrons. The molecule has 1 saturated carbocycles. The number of amidine groups is 1. The Kier molecular flexibility index (Phi) is 13.5. The molecule has 1 aliphatic carbocycles. The zero-order valence-electron chi connectivity index (χ0n) is 22.1. The fraction of sp³-hybridized carbons (Fsp3) is 0.500. The molecule has 0 unspecified atom stereocenters. The summed E-state index contributed by atoms with van der Waals surface area (Å²) in [6, 6.07) is 5.88. The van der Waals surface area contributed by atoms with E-state index in [1.165, 1.54) is 12.1 Å². The van der Waals surface area contributed by atoms with Crippen LogP contribution in [0.3, 0.4) is 0 Å². The third-order valence-electron chi connectivity index (χ3n) is 5.73. The van der Waals surface area contributed by atoms with E-state index >= 15 is 0 Å². The molecule has 0 aliphatic heterocycles. The fourth-order valence-corrected chi connectivity index (χ4v) is 3.42. The average Bonchev–Trinajstić information content (AvgIpc) is 3.69. The van der Waals surface area contributed by atoms with E-state index in [9.17, 15) is 9.18 Å². The molecule has 1 fully saturated rings. The van der Waals surface area contributed by atoms with Crippen molar-refractivity contribution in [2.75, 3.05) is 26.7 Å². The van der Waals surface area contributed by atoms with Gasteiger partial charge in [-0.25, -0.2) is 9.38 Å². The summed E-state index contributed by atoms with van der Waals surface area (Å²) in [5.74, 6) is 0.573. The molecule has 0 spiro atoms. The van der Waals surface area contributed by atoms with E-state index in [1.807, 2.05) is 24.8 Å². The molecule has 1 aromatic carbocycles. The Bertz CT molecular complexity index is 928. The highest BCUT2D eigenvalue weighted by molar-refractivity contribution is 6.12. The Hall–Kier alpha value is -3.13. The molecule has 2 rings (SSSR count). The van der Waals surface area contributed by atoms with Crippen molar-refractivity contribution in [3.05, 3.63) is 59.6 Å². The van der Waals surface area contributed by atoms with Crippen molar-refractivity contribution in [1.82, 2.24) is 10.2 Å². The quantitative estimate of drug-likeness (QED) is 0.274. The number of nitrogens with zero attached hydrogens (tertiary/aromatic N) is 2. The lowest BCUT2D eigenvalue weighted by Crippen LogP contribution is -2.37. The standard InChI is InChI=1S/C27H40FN5O.CH2O/c1-27(2,3)14-13-25(34)33(18-16-31-4)17-6-5-15-32-26(30)23(20-7-8-20)19-24(29)21-9-11-22(28)12-10-21;1-2/h5,9-12,15,19-20,29,31H,6-8,13-14,16-18H2,1-4H3,(H2,30,32);1H2/b15-5+,23-19-,29-24?;. The summed E-state index contributed by atoms with van der Waals surface area (Å²) < 4.78 is 13.2. The third-order valence-corrected chi connectivity index (χ3v) is 5.73. The minimum atomic E-state index is -0.324. The molecule has 0 bridgehead atoms. The Labute approximate surface area is 215 Å². The summed E-state index contributed by atoms with van der Waals surface area (Å²) in [6.07, 6.45) is 9.51. The van der Waals surface area contributed by atoms with Gasteiger partial charge in [0, 0.05) is 32.3 Å². The topological polar surface area (TPSA) is 112 Å². The lowest BCUT2D eigenvalue weighted by atomic mass is 9.90. The van der Waals surface area contributed by atoms with Crippen molar-refractivity contribution in [2.24, 2.45) is 22.1 Å². The smallest absolute Gasteiger partial charge is 0.222 e. The van der Waals surface area contributed by atoms with Gasteiger partial charge in [0.25, 0.3) is 0 Å². The maximum atomic E-state index is 13.2. The number of rotatable bonds is 13. The molecule has 0 atom stereocenters. The van der Waals surface area contributed by atoms with Crippen LogP contribution in [0.25, 0.3) is 0 Å². The van der Waals surface area contributed by atoms with Crippen molar-refractivity contribution in [2.45, 2.75) is 52.9 Å². The van der Waals surface area contributed by atoms with Gasteiger partial charge in [0.2, 0.25) is 5.91 Å². The van der Waals surface area contributed by atoms with Crippen molar-refractivity contribution in [3.63, 3.8) is 0 Å². The Morgan fingerprint density at radius 2 is 1.89 bits per heavy atom. The van der Waals surface area contributed by atoms with Gasteiger partial charge in [0.1, 0.15) is 18.4 Å². The van der Waals surface area contributed by atoms with Crippen molar-refractivity contribution < 1.29 is 14.0 Å². The number of allylic oxidation sites excluding steroid dienone is 1. The maximum absolute atomic E-state index is 13.2. The molecular formula is C28H42FN5O2. The number of hydrogen-bond donors (Lipinski definition) is 3. The number of hydrogen-bond acceptors (Lipinski definition) is 5. The number of aliphatic imine (C=N–C) groups is 1. The van der Waals surface area contributed by atoms with Crippen molar-refractivity contribution >= 4 is 24.2 Å². The first kappa shape index (κ1) is 30.9. The second kappa shape index (κ2) is 15.8. The van der Waals surface area contributed by atoms with Crippen LogP contribution in [0.15, 0.2) is 53.2 Å². The maximum Gasteiger partial charge on any atom is 0.222 e. The normalized spacial score (nSPS) is 14.4. The number of carbonyl (C=O) groups is 2. The number of carbonyl (C=O) groups excluding carboxylic acids is 2. The van der Waals surface area contributed by atoms with Crippen LogP contribution in [-0.2, 0) is 9.59 Å². The van der Waals surface area contributed by atoms with Crippen LogP contribution in [0.5, 0.6) is 0 Å². The van der Waals surface area contributed by atoms with Gasteiger partial charge in [0.05, 0.1) is 5.71 Å². The van der Waals surface area contributed by atoms with E-state index in [4.69, 9.17) is 15.9 Å². The van der Waals surface area contributed by atoms with Crippen LogP contribution in [0.4, 0.5) is 4.39 Å². The summed E-state index contributed by atoms with van der Waals surface area (Å²) in [6.45, 7) is 10.5.